The molecular weight excluding hydrogens is 282 g/mol. The maximum Gasteiger partial charge on any atom is 0.130 e. The van der Waals surface area contributed by atoms with Crippen molar-refractivity contribution in [1.29, 1.82) is 0 Å². The SMILES string of the molecule is CCC(C)(Pc1ccccc1F)c1cc(C)ccc1OC. The summed E-state index contributed by atoms with van der Waals surface area (Å²) in [6.45, 7) is 6.41. The zero-order valence-electron chi connectivity index (χ0n) is 13.0. The molecule has 21 heavy (non-hydrogen) atoms. The standard InChI is InChI=1S/C18H22FOP/c1-5-18(3,21-17-9-7-6-8-15(17)19)14-12-13(2)10-11-16(14)20-4/h6-12,21H,5H2,1-4H3. The Morgan fingerprint density at radius 3 is 2.52 bits per heavy atom. The number of rotatable bonds is 5. The lowest BCUT2D eigenvalue weighted by atomic mass is 9.95. The van der Waals surface area contributed by atoms with Crippen LogP contribution in [-0.4, -0.2) is 7.11 Å². The average Bonchev–Trinajstić information content (AvgIpc) is 2.49. The average molecular weight is 304 g/mol. The molecule has 0 saturated heterocycles. The Bertz CT molecular complexity index is 626. The van der Waals surface area contributed by atoms with Gasteiger partial charge in [0, 0.05) is 16.0 Å². The second kappa shape index (κ2) is 6.58. The molecule has 112 valence electrons. The maximum atomic E-state index is 14.0. The molecule has 2 atom stereocenters. The van der Waals surface area contributed by atoms with E-state index in [-0.39, 0.29) is 11.0 Å². The zero-order valence-corrected chi connectivity index (χ0v) is 14.0. The normalized spacial score (nSPS) is 14.3. The molecule has 0 aliphatic rings. The van der Waals surface area contributed by atoms with Crippen LogP contribution in [0.1, 0.15) is 31.4 Å². The molecule has 2 rings (SSSR count). The summed E-state index contributed by atoms with van der Waals surface area (Å²) in [5, 5.41) is 0.657. The summed E-state index contributed by atoms with van der Waals surface area (Å²) in [6, 6.07) is 13.3. The third-order valence-corrected chi connectivity index (χ3v) is 5.79. The summed E-state index contributed by atoms with van der Waals surface area (Å²) in [6.07, 6.45) is 0.930. The molecule has 0 aliphatic heterocycles. The van der Waals surface area contributed by atoms with E-state index in [2.05, 4.69) is 26.8 Å². The van der Waals surface area contributed by atoms with Gasteiger partial charge in [-0.3, -0.25) is 0 Å². The summed E-state index contributed by atoms with van der Waals surface area (Å²) in [5.41, 5.74) is 2.36. The van der Waals surface area contributed by atoms with E-state index in [9.17, 15) is 4.39 Å². The van der Waals surface area contributed by atoms with Crippen molar-refractivity contribution >= 4 is 13.9 Å². The van der Waals surface area contributed by atoms with Crippen molar-refractivity contribution in [2.24, 2.45) is 0 Å². The minimum Gasteiger partial charge on any atom is -0.496 e. The van der Waals surface area contributed by atoms with Crippen LogP contribution in [0.4, 0.5) is 4.39 Å². The van der Waals surface area contributed by atoms with Gasteiger partial charge in [0.05, 0.1) is 7.11 Å². The molecule has 0 N–H and O–H groups in total. The van der Waals surface area contributed by atoms with Gasteiger partial charge in [0.25, 0.3) is 0 Å². The van der Waals surface area contributed by atoms with Crippen molar-refractivity contribution in [3.8, 4) is 5.75 Å². The van der Waals surface area contributed by atoms with Gasteiger partial charge in [0.2, 0.25) is 0 Å². The van der Waals surface area contributed by atoms with Crippen LogP contribution in [-0.2, 0) is 5.16 Å². The molecule has 0 radical (unpaired) electrons. The number of aryl methyl sites for hydroxylation is 1. The monoisotopic (exact) mass is 304 g/mol. The Balaban J connectivity index is 2.46. The zero-order chi connectivity index (χ0) is 15.5. The van der Waals surface area contributed by atoms with Crippen LogP contribution in [0.2, 0.25) is 0 Å². The Morgan fingerprint density at radius 2 is 1.90 bits per heavy atom. The highest BCUT2D eigenvalue weighted by Crippen LogP contribution is 2.47. The lowest BCUT2D eigenvalue weighted by molar-refractivity contribution is 0.403. The number of hydrogen-bond donors (Lipinski definition) is 0. The lowest BCUT2D eigenvalue weighted by Crippen LogP contribution is -2.20. The molecule has 0 heterocycles. The van der Waals surface area contributed by atoms with Crippen molar-refractivity contribution in [2.45, 2.75) is 32.3 Å². The molecule has 1 nitrogen and oxygen atoms in total. The van der Waals surface area contributed by atoms with Gasteiger partial charge in [-0.1, -0.05) is 58.3 Å². The van der Waals surface area contributed by atoms with Crippen molar-refractivity contribution < 1.29 is 9.13 Å². The predicted molar refractivity (Wildman–Crippen MR) is 89.7 cm³/mol. The molecular formula is C18H22FOP. The van der Waals surface area contributed by atoms with E-state index in [0.717, 1.165) is 23.0 Å². The van der Waals surface area contributed by atoms with Crippen LogP contribution in [0.15, 0.2) is 42.5 Å². The maximum absolute atomic E-state index is 14.0. The van der Waals surface area contributed by atoms with E-state index in [1.165, 1.54) is 11.6 Å². The van der Waals surface area contributed by atoms with E-state index < -0.39 is 0 Å². The minimum atomic E-state index is -0.125. The van der Waals surface area contributed by atoms with Crippen molar-refractivity contribution in [3.63, 3.8) is 0 Å². The molecule has 0 fully saturated rings. The van der Waals surface area contributed by atoms with Gasteiger partial charge in [-0.05, 0) is 25.5 Å². The van der Waals surface area contributed by atoms with Gasteiger partial charge in [0.15, 0.2) is 0 Å². The van der Waals surface area contributed by atoms with Crippen LogP contribution in [0, 0.1) is 12.7 Å². The van der Waals surface area contributed by atoms with Crippen molar-refractivity contribution in [2.75, 3.05) is 7.11 Å². The van der Waals surface area contributed by atoms with Crippen LogP contribution in [0.5, 0.6) is 5.75 Å². The van der Waals surface area contributed by atoms with Gasteiger partial charge in [-0.25, -0.2) is 4.39 Å². The molecule has 0 aliphatic carbocycles. The fourth-order valence-electron chi connectivity index (χ4n) is 2.46. The fraction of sp³-hybridized carbons (Fsp3) is 0.333. The smallest absolute Gasteiger partial charge is 0.130 e. The first kappa shape index (κ1) is 16.0. The summed E-state index contributed by atoms with van der Waals surface area (Å²) in [7, 11) is 2.06. The van der Waals surface area contributed by atoms with E-state index in [1.54, 1.807) is 13.2 Å². The Hall–Kier alpha value is -1.40. The molecule has 2 aromatic carbocycles. The van der Waals surface area contributed by atoms with Gasteiger partial charge in [-0.15, -0.1) is 0 Å². The Kier molecular flexibility index (Phi) is 5.00. The highest BCUT2D eigenvalue weighted by molar-refractivity contribution is 7.48. The third-order valence-electron chi connectivity index (χ3n) is 3.94. The number of halogens is 1. The summed E-state index contributed by atoms with van der Waals surface area (Å²) < 4.78 is 19.5. The first-order valence-corrected chi connectivity index (χ1v) is 8.18. The number of hydrogen-bond acceptors (Lipinski definition) is 1. The molecule has 0 spiro atoms. The van der Waals surface area contributed by atoms with E-state index in [1.807, 2.05) is 24.3 Å². The van der Waals surface area contributed by atoms with Crippen molar-refractivity contribution in [3.05, 3.63) is 59.4 Å². The van der Waals surface area contributed by atoms with E-state index >= 15 is 0 Å². The summed E-state index contributed by atoms with van der Waals surface area (Å²) >= 11 is 0. The first-order valence-electron chi connectivity index (χ1n) is 7.18. The minimum absolute atomic E-state index is 0.123. The second-order valence-electron chi connectivity index (χ2n) is 5.49. The quantitative estimate of drug-likeness (QED) is 0.723. The number of benzene rings is 2. The summed E-state index contributed by atoms with van der Waals surface area (Å²) in [4.78, 5) is 0. The van der Waals surface area contributed by atoms with Gasteiger partial charge >= 0.3 is 0 Å². The largest absolute Gasteiger partial charge is 0.496 e. The molecule has 3 heteroatoms. The van der Waals surface area contributed by atoms with Crippen LogP contribution in [0.25, 0.3) is 0 Å². The van der Waals surface area contributed by atoms with Gasteiger partial charge in [-0.2, -0.15) is 0 Å². The van der Waals surface area contributed by atoms with Gasteiger partial charge < -0.3 is 4.74 Å². The highest BCUT2D eigenvalue weighted by atomic mass is 31.1. The van der Waals surface area contributed by atoms with Crippen LogP contribution >= 0.6 is 8.58 Å². The lowest BCUT2D eigenvalue weighted by Gasteiger charge is -2.31. The molecule has 0 bridgehead atoms. The molecule has 0 aromatic heterocycles. The number of ether oxygens (including phenoxy) is 1. The van der Waals surface area contributed by atoms with Crippen LogP contribution in [0.3, 0.4) is 0 Å². The predicted octanol–water partition coefficient (Wildman–Crippen LogP) is 4.77. The Morgan fingerprint density at radius 1 is 1.19 bits per heavy atom. The van der Waals surface area contributed by atoms with Gasteiger partial charge in [0.1, 0.15) is 11.6 Å². The fourth-order valence-corrected chi connectivity index (χ4v) is 3.94. The summed E-state index contributed by atoms with van der Waals surface area (Å²) in [5.74, 6) is 0.760. The molecule has 2 aromatic rings. The third kappa shape index (κ3) is 3.44. The van der Waals surface area contributed by atoms with Crippen molar-refractivity contribution in [1.82, 2.24) is 0 Å². The molecule has 0 saturated carbocycles. The first-order chi connectivity index (χ1) is 10.00. The highest BCUT2D eigenvalue weighted by Gasteiger charge is 2.29. The van der Waals surface area contributed by atoms with E-state index in [0.29, 0.717) is 8.58 Å². The second-order valence-corrected chi connectivity index (χ2v) is 7.39. The van der Waals surface area contributed by atoms with E-state index in [4.69, 9.17) is 4.74 Å². The Labute approximate surface area is 128 Å². The molecule has 2 unspecified atom stereocenters. The molecule has 0 amide bonds. The number of methoxy groups -OCH3 is 1. The topological polar surface area (TPSA) is 9.23 Å². The van der Waals surface area contributed by atoms with Crippen LogP contribution < -0.4 is 10.0 Å².